The molecule has 0 fully saturated rings. The van der Waals surface area contributed by atoms with Crippen LogP contribution >= 0.6 is 11.6 Å². The molecule has 6 nitrogen and oxygen atoms in total. The first-order chi connectivity index (χ1) is 12.0. The van der Waals surface area contributed by atoms with Gasteiger partial charge in [-0.05, 0) is 35.4 Å². The van der Waals surface area contributed by atoms with Crippen LogP contribution in [0.2, 0.25) is 5.28 Å². The molecule has 0 spiro atoms. The molecule has 128 valence electrons. The van der Waals surface area contributed by atoms with Gasteiger partial charge in [-0.2, -0.15) is 18.9 Å². The van der Waals surface area contributed by atoms with E-state index in [-0.39, 0.29) is 22.7 Å². The van der Waals surface area contributed by atoms with Crippen molar-refractivity contribution in [3.8, 4) is 16.9 Å². The van der Waals surface area contributed by atoms with Gasteiger partial charge in [-0.1, -0.05) is 12.1 Å². The van der Waals surface area contributed by atoms with Gasteiger partial charge in [0, 0.05) is 5.56 Å². The molecule has 0 aliphatic heterocycles. The van der Waals surface area contributed by atoms with Crippen LogP contribution in [0.1, 0.15) is 0 Å². The van der Waals surface area contributed by atoms with Crippen LogP contribution in [0.3, 0.4) is 0 Å². The van der Waals surface area contributed by atoms with E-state index >= 15 is 0 Å². The van der Waals surface area contributed by atoms with Gasteiger partial charge in [0.1, 0.15) is 5.75 Å². The normalized spacial score (nSPS) is 10.8. The Labute approximate surface area is 144 Å². The van der Waals surface area contributed by atoms with Gasteiger partial charge in [-0.15, -0.1) is 5.10 Å². The maximum atomic E-state index is 13.7. The maximum absolute atomic E-state index is 13.7. The quantitative estimate of drug-likeness (QED) is 0.685. The second kappa shape index (κ2) is 7.31. The zero-order valence-corrected chi connectivity index (χ0v) is 13.1. The molecule has 1 aromatic carbocycles. The van der Waals surface area contributed by atoms with Crippen molar-refractivity contribution < 1.29 is 17.9 Å². The molecule has 0 amide bonds. The van der Waals surface area contributed by atoms with E-state index in [1.165, 1.54) is 18.3 Å². The highest BCUT2D eigenvalue weighted by atomic mass is 35.5. The lowest BCUT2D eigenvalue weighted by molar-refractivity contribution is -0.0498. The fraction of sp³-hybridized carbons (Fsp3) is 0.0667. The van der Waals surface area contributed by atoms with Crippen LogP contribution < -0.4 is 10.1 Å². The van der Waals surface area contributed by atoms with E-state index in [0.29, 0.717) is 11.1 Å². The third-order valence-corrected chi connectivity index (χ3v) is 3.21. The number of aromatic nitrogens is 4. The van der Waals surface area contributed by atoms with Crippen LogP contribution in [-0.2, 0) is 0 Å². The minimum atomic E-state index is -2.89. The van der Waals surface area contributed by atoms with Crippen molar-refractivity contribution >= 4 is 23.2 Å². The molecule has 0 radical (unpaired) electrons. The molecule has 0 atom stereocenters. The number of rotatable bonds is 5. The van der Waals surface area contributed by atoms with Crippen LogP contribution in [0, 0.1) is 5.82 Å². The molecule has 1 N–H and O–H groups in total. The van der Waals surface area contributed by atoms with Crippen molar-refractivity contribution in [1.29, 1.82) is 0 Å². The number of alkyl halides is 2. The van der Waals surface area contributed by atoms with Gasteiger partial charge in [-0.3, -0.25) is 0 Å². The molecule has 0 aliphatic rings. The van der Waals surface area contributed by atoms with E-state index < -0.39 is 12.4 Å². The summed E-state index contributed by atoms with van der Waals surface area (Å²) in [5.74, 6) is -0.590. The monoisotopic (exact) mass is 367 g/mol. The highest BCUT2D eigenvalue weighted by Crippen LogP contribution is 2.25. The van der Waals surface area contributed by atoms with Gasteiger partial charge in [0.15, 0.2) is 17.5 Å². The van der Waals surface area contributed by atoms with Crippen molar-refractivity contribution in [1.82, 2.24) is 20.2 Å². The van der Waals surface area contributed by atoms with Gasteiger partial charge in [0.2, 0.25) is 5.28 Å². The number of hydrogen-bond donors (Lipinski definition) is 1. The first kappa shape index (κ1) is 16.9. The highest BCUT2D eigenvalue weighted by Gasteiger charge is 2.09. The minimum Gasteiger partial charge on any atom is -0.435 e. The Kier molecular flexibility index (Phi) is 4.94. The summed E-state index contributed by atoms with van der Waals surface area (Å²) >= 11 is 5.63. The van der Waals surface area contributed by atoms with Crippen molar-refractivity contribution in [3.05, 3.63) is 53.8 Å². The minimum absolute atomic E-state index is 0.0387. The number of benzene rings is 1. The Bertz CT molecular complexity index is 879. The molecule has 3 rings (SSSR count). The first-order valence-electron chi connectivity index (χ1n) is 6.84. The molecule has 2 aromatic heterocycles. The lowest BCUT2D eigenvalue weighted by Crippen LogP contribution is -2.02. The predicted octanol–water partition coefficient (Wildman–Crippen LogP) is 4.07. The van der Waals surface area contributed by atoms with Crippen molar-refractivity contribution in [2.45, 2.75) is 6.61 Å². The third kappa shape index (κ3) is 4.32. The van der Waals surface area contributed by atoms with Gasteiger partial charge in [-0.25, -0.2) is 9.37 Å². The number of halogens is 4. The van der Waals surface area contributed by atoms with E-state index in [2.05, 4.69) is 30.2 Å². The van der Waals surface area contributed by atoms with Crippen molar-refractivity contribution in [2.24, 2.45) is 0 Å². The molecule has 10 heteroatoms. The molecule has 0 saturated heterocycles. The molecule has 0 bridgehead atoms. The van der Waals surface area contributed by atoms with Crippen molar-refractivity contribution in [3.63, 3.8) is 0 Å². The summed E-state index contributed by atoms with van der Waals surface area (Å²) in [4.78, 5) is 7.24. The van der Waals surface area contributed by atoms with Gasteiger partial charge < -0.3 is 10.1 Å². The standard InChI is InChI=1S/C15H9ClF3N5O/c16-14-20-7-11(17)13(23-14)22-12-5-9(6-21-24-12)8-1-3-10(4-2-8)25-15(18)19/h1-7,15H,(H,20,22,23,24). The molecular formula is C15H9ClF3N5O. The smallest absolute Gasteiger partial charge is 0.387 e. The average Bonchev–Trinajstić information content (AvgIpc) is 2.59. The number of nitrogens with zero attached hydrogens (tertiary/aromatic N) is 4. The van der Waals surface area contributed by atoms with Crippen LogP contribution in [0.15, 0.2) is 42.7 Å². The highest BCUT2D eigenvalue weighted by molar-refractivity contribution is 6.28. The van der Waals surface area contributed by atoms with Crippen LogP contribution in [-0.4, -0.2) is 26.8 Å². The SMILES string of the molecule is Fc1cnc(Cl)nc1Nc1cc(-c2ccc(OC(F)F)cc2)cnn1. The summed E-state index contributed by atoms with van der Waals surface area (Å²) in [6.45, 7) is -2.89. The molecule has 0 aliphatic carbocycles. The largest absolute Gasteiger partial charge is 0.435 e. The second-order valence-electron chi connectivity index (χ2n) is 4.69. The molecule has 0 saturated carbocycles. The van der Waals surface area contributed by atoms with E-state index in [0.717, 1.165) is 6.20 Å². The van der Waals surface area contributed by atoms with E-state index in [4.69, 9.17) is 11.6 Å². The van der Waals surface area contributed by atoms with E-state index in [1.54, 1.807) is 18.2 Å². The Hall–Kier alpha value is -2.94. The Balaban J connectivity index is 1.82. The zero-order chi connectivity index (χ0) is 17.8. The number of hydrogen-bond acceptors (Lipinski definition) is 6. The summed E-state index contributed by atoms with van der Waals surface area (Å²) in [7, 11) is 0. The summed E-state index contributed by atoms with van der Waals surface area (Å²) in [6.07, 6.45) is 2.40. The van der Waals surface area contributed by atoms with E-state index in [1.807, 2.05) is 0 Å². The van der Waals surface area contributed by atoms with Crippen LogP contribution in [0.25, 0.3) is 11.1 Å². The molecular weight excluding hydrogens is 359 g/mol. The third-order valence-electron chi connectivity index (χ3n) is 3.03. The molecule has 3 aromatic rings. The Morgan fingerprint density at radius 3 is 2.56 bits per heavy atom. The topological polar surface area (TPSA) is 72.8 Å². The lowest BCUT2D eigenvalue weighted by Gasteiger charge is -2.08. The van der Waals surface area contributed by atoms with Gasteiger partial charge in [0.05, 0.1) is 12.4 Å². The number of nitrogens with one attached hydrogen (secondary N) is 1. The summed E-state index contributed by atoms with van der Waals surface area (Å²) in [5, 5.41) is 10.2. The summed E-state index contributed by atoms with van der Waals surface area (Å²) in [6, 6.07) is 7.56. The van der Waals surface area contributed by atoms with Crippen LogP contribution in [0.4, 0.5) is 24.8 Å². The number of anilines is 2. The Morgan fingerprint density at radius 2 is 1.84 bits per heavy atom. The maximum Gasteiger partial charge on any atom is 0.387 e. The van der Waals surface area contributed by atoms with Gasteiger partial charge >= 0.3 is 6.61 Å². The van der Waals surface area contributed by atoms with Crippen molar-refractivity contribution in [2.75, 3.05) is 5.32 Å². The zero-order valence-electron chi connectivity index (χ0n) is 12.3. The fourth-order valence-corrected chi connectivity index (χ4v) is 2.10. The van der Waals surface area contributed by atoms with E-state index in [9.17, 15) is 13.2 Å². The average molecular weight is 368 g/mol. The number of ether oxygens (including phenoxy) is 1. The molecule has 2 heterocycles. The summed E-state index contributed by atoms with van der Waals surface area (Å²) < 4.78 is 42.3. The fourth-order valence-electron chi connectivity index (χ4n) is 1.97. The predicted molar refractivity (Wildman–Crippen MR) is 84.4 cm³/mol. The first-order valence-corrected chi connectivity index (χ1v) is 7.22. The lowest BCUT2D eigenvalue weighted by atomic mass is 10.1. The molecule has 0 unspecified atom stereocenters. The van der Waals surface area contributed by atoms with Crippen LogP contribution in [0.5, 0.6) is 5.75 Å². The molecule has 25 heavy (non-hydrogen) atoms. The Morgan fingerprint density at radius 1 is 1.08 bits per heavy atom. The second-order valence-corrected chi connectivity index (χ2v) is 5.03. The summed E-state index contributed by atoms with van der Waals surface area (Å²) in [5.41, 5.74) is 1.31. The van der Waals surface area contributed by atoms with Gasteiger partial charge in [0.25, 0.3) is 0 Å².